The van der Waals surface area contributed by atoms with Gasteiger partial charge in [0.15, 0.2) is 17.4 Å². The van der Waals surface area contributed by atoms with E-state index in [-0.39, 0.29) is 11.3 Å². The lowest BCUT2D eigenvalue weighted by molar-refractivity contribution is 0.0699. The first-order valence-electron chi connectivity index (χ1n) is 7.88. The van der Waals surface area contributed by atoms with Gasteiger partial charge in [-0.05, 0) is 23.8 Å². The Morgan fingerprint density at radius 1 is 1.17 bits per heavy atom. The first kappa shape index (κ1) is 20.9. The Morgan fingerprint density at radius 3 is 2.52 bits per heavy atom. The lowest BCUT2D eigenvalue weighted by Crippen LogP contribution is -2.17. The van der Waals surface area contributed by atoms with Crippen molar-refractivity contribution in [2.45, 2.75) is 0 Å². The number of hydrogen-bond acceptors (Lipinski definition) is 4. The predicted octanol–water partition coefficient (Wildman–Crippen LogP) is 5.55. The van der Waals surface area contributed by atoms with Gasteiger partial charge in [0.1, 0.15) is 5.56 Å². The number of methoxy groups -OCH3 is 1. The number of benzene rings is 2. The van der Waals surface area contributed by atoms with E-state index in [1.54, 1.807) is 24.3 Å². The smallest absolute Gasteiger partial charge is 0.339 e. The molecule has 0 aliphatic heterocycles. The fourth-order valence-electron chi connectivity index (χ4n) is 2.62. The van der Waals surface area contributed by atoms with Crippen LogP contribution in [0, 0.1) is 17.5 Å². The Balaban J connectivity index is 2.03. The molecule has 0 unspecified atom stereocenters. The summed E-state index contributed by atoms with van der Waals surface area (Å²) in [5.74, 6) is -7.97. The highest BCUT2D eigenvalue weighted by molar-refractivity contribution is 9.10. The summed E-state index contributed by atoms with van der Waals surface area (Å²) in [6, 6.07) is 7.24. The maximum Gasteiger partial charge on any atom is 0.339 e. The molecule has 150 valence electrons. The lowest BCUT2D eigenvalue weighted by Gasteiger charge is -2.10. The number of amides is 1. The van der Waals surface area contributed by atoms with Crippen molar-refractivity contribution in [2.24, 2.45) is 0 Å². The molecule has 0 fully saturated rings. The highest BCUT2D eigenvalue weighted by Crippen LogP contribution is 2.37. The van der Waals surface area contributed by atoms with Crippen LogP contribution in [0.1, 0.15) is 20.7 Å². The minimum Gasteiger partial charge on any atom is -0.491 e. The number of carbonyl (C=O) groups excluding carboxylic acids is 1. The first-order chi connectivity index (χ1) is 13.7. The molecule has 3 aromatic rings. The van der Waals surface area contributed by atoms with Crippen molar-refractivity contribution < 1.29 is 32.6 Å². The molecule has 0 radical (unpaired) electrons. The van der Waals surface area contributed by atoms with Gasteiger partial charge in [0.25, 0.3) is 5.91 Å². The molecule has 0 atom stereocenters. The number of halogens is 4. The second kappa shape index (κ2) is 8.26. The molecule has 1 heterocycles. The summed E-state index contributed by atoms with van der Waals surface area (Å²) in [7, 11) is 0.925. The minimum absolute atomic E-state index is 0.106. The van der Waals surface area contributed by atoms with Gasteiger partial charge in [-0.1, -0.05) is 28.1 Å². The average Bonchev–Trinajstić information content (AvgIpc) is 3.09. The van der Waals surface area contributed by atoms with Gasteiger partial charge >= 0.3 is 5.97 Å². The van der Waals surface area contributed by atoms with Crippen LogP contribution in [0.4, 0.5) is 18.9 Å². The maximum absolute atomic E-state index is 14.3. The first-order valence-corrected chi connectivity index (χ1v) is 9.55. The predicted molar refractivity (Wildman–Crippen MR) is 105 cm³/mol. The van der Waals surface area contributed by atoms with E-state index in [1.165, 1.54) is 5.38 Å². The van der Waals surface area contributed by atoms with E-state index >= 15 is 0 Å². The number of carboxylic acid groups (broad SMARTS) is 1. The molecular weight excluding hydrogens is 475 g/mol. The summed E-state index contributed by atoms with van der Waals surface area (Å²) in [6.07, 6.45) is 0. The topological polar surface area (TPSA) is 75.6 Å². The van der Waals surface area contributed by atoms with Crippen LogP contribution in [0.15, 0.2) is 40.2 Å². The number of rotatable bonds is 5. The summed E-state index contributed by atoms with van der Waals surface area (Å²) in [5.41, 5.74) is -0.558. The zero-order valence-electron chi connectivity index (χ0n) is 14.6. The normalized spacial score (nSPS) is 10.7. The van der Waals surface area contributed by atoms with Crippen molar-refractivity contribution in [3.63, 3.8) is 0 Å². The summed E-state index contributed by atoms with van der Waals surface area (Å²) in [6.45, 7) is 0. The number of nitrogens with one attached hydrogen (secondary N) is 1. The van der Waals surface area contributed by atoms with Crippen LogP contribution < -0.4 is 10.1 Å². The average molecular weight is 486 g/mol. The van der Waals surface area contributed by atoms with E-state index in [0.717, 1.165) is 22.9 Å². The van der Waals surface area contributed by atoms with Gasteiger partial charge in [-0.25, -0.2) is 13.6 Å². The SMILES string of the molecule is COc1c(F)c(F)cc(C(=O)Nc2csc(-c3cccc(Br)c3)c2C(=O)O)c1F. The van der Waals surface area contributed by atoms with Gasteiger partial charge in [-0.2, -0.15) is 4.39 Å². The van der Waals surface area contributed by atoms with Crippen LogP contribution in [0.5, 0.6) is 5.75 Å². The van der Waals surface area contributed by atoms with Crippen molar-refractivity contribution in [1.82, 2.24) is 0 Å². The Morgan fingerprint density at radius 2 is 1.90 bits per heavy atom. The second-order valence-corrected chi connectivity index (χ2v) is 7.49. The number of hydrogen-bond donors (Lipinski definition) is 2. The minimum atomic E-state index is -1.57. The van der Waals surface area contributed by atoms with E-state index in [9.17, 15) is 27.9 Å². The van der Waals surface area contributed by atoms with Crippen molar-refractivity contribution >= 4 is 44.8 Å². The van der Waals surface area contributed by atoms with Crippen LogP contribution >= 0.6 is 27.3 Å². The Hall–Kier alpha value is -2.85. The van der Waals surface area contributed by atoms with Gasteiger partial charge in [0.05, 0.1) is 23.2 Å². The summed E-state index contributed by atoms with van der Waals surface area (Å²) in [5, 5.41) is 13.2. The van der Waals surface area contributed by atoms with Crippen molar-refractivity contribution in [3.8, 4) is 16.2 Å². The van der Waals surface area contributed by atoms with E-state index in [4.69, 9.17) is 0 Å². The zero-order valence-corrected chi connectivity index (χ0v) is 17.0. The molecule has 3 rings (SSSR count). The molecule has 0 saturated carbocycles. The summed E-state index contributed by atoms with van der Waals surface area (Å²) < 4.78 is 46.8. The third kappa shape index (κ3) is 3.99. The Labute approximate surface area is 174 Å². The molecule has 2 aromatic carbocycles. The number of anilines is 1. The molecule has 0 spiro atoms. The molecule has 0 bridgehead atoms. The molecule has 1 aromatic heterocycles. The fourth-order valence-corrected chi connectivity index (χ4v) is 4.01. The molecule has 29 heavy (non-hydrogen) atoms. The molecule has 2 N–H and O–H groups in total. The molecule has 5 nitrogen and oxygen atoms in total. The van der Waals surface area contributed by atoms with Gasteiger partial charge in [-0.3, -0.25) is 4.79 Å². The van der Waals surface area contributed by atoms with Crippen LogP contribution in [0.25, 0.3) is 10.4 Å². The van der Waals surface area contributed by atoms with Gasteiger partial charge in [0, 0.05) is 9.85 Å². The summed E-state index contributed by atoms with van der Waals surface area (Å²) in [4.78, 5) is 24.6. The highest BCUT2D eigenvalue weighted by atomic mass is 79.9. The van der Waals surface area contributed by atoms with Crippen LogP contribution in [0.2, 0.25) is 0 Å². The fraction of sp³-hybridized carbons (Fsp3) is 0.0526. The van der Waals surface area contributed by atoms with E-state index < -0.39 is 40.6 Å². The van der Waals surface area contributed by atoms with E-state index in [1.807, 2.05) is 0 Å². The molecule has 0 aliphatic rings. The Kier molecular flexibility index (Phi) is 5.94. The molecular formula is C19H11BrF3NO4S. The van der Waals surface area contributed by atoms with Crippen LogP contribution in [0.3, 0.4) is 0 Å². The number of carboxylic acids is 1. The highest BCUT2D eigenvalue weighted by Gasteiger charge is 2.26. The van der Waals surface area contributed by atoms with E-state index in [0.29, 0.717) is 16.5 Å². The van der Waals surface area contributed by atoms with Gasteiger partial charge < -0.3 is 15.2 Å². The zero-order chi connectivity index (χ0) is 21.3. The van der Waals surface area contributed by atoms with Crippen molar-refractivity contribution in [2.75, 3.05) is 12.4 Å². The molecule has 10 heteroatoms. The summed E-state index contributed by atoms with van der Waals surface area (Å²) >= 11 is 4.35. The van der Waals surface area contributed by atoms with E-state index in [2.05, 4.69) is 26.0 Å². The monoisotopic (exact) mass is 485 g/mol. The maximum atomic E-state index is 14.3. The molecule has 0 saturated heterocycles. The van der Waals surface area contributed by atoms with Crippen molar-refractivity contribution in [1.29, 1.82) is 0 Å². The third-order valence-corrected chi connectivity index (χ3v) is 5.43. The number of ether oxygens (including phenoxy) is 1. The standard InChI is InChI=1S/C19H11BrF3NO4S/c1-28-16-14(22)10(6-11(21)15(16)23)18(25)24-12-7-29-17(13(12)19(26)27)8-3-2-4-9(20)5-8/h2-7H,1H3,(H,24,25)(H,26,27). The lowest BCUT2D eigenvalue weighted by atomic mass is 10.1. The number of carbonyl (C=O) groups is 2. The van der Waals surface area contributed by atoms with Crippen molar-refractivity contribution in [3.05, 3.63) is 68.8 Å². The largest absolute Gasteiger partial charge is 0.491 e. The second-order valence-electron chi connectivity index (χ2n) is 5.69. The van der Waals surface area contributed by atoms with Gasteiger partial charge in [-0.15, -0.1) is 11.3 Å². The number of thiophene rings is 1. The molecule has 0 aliphatic carbocycles. The Bertz CT molecular complexity index is 1130. The number of aromatic carboxylic acids is 1. The van der Waals surface area contributed by atoms with Crippen LogP contribution in [-0.2, 0) is 0 Å². The van der Waals surface area contributed by atoms with Crippen LogP contribution in [-0.4, -0.2) is 24.1 Å². The third-order valence-electron chi connectivity index (χ3n) is 3.90. The van der Waals surface area contributed by atoms with Gasteiger partial charge in [0.2, 0.25) is 5.82 Å². The molecule has 1 amide bonds. The quantitative estimate of drug-likeness (QED) is 0.464.